The van der Waals surface area contributed by atoms with Crippen LogP contribution in [-0.4, -0.2) is 36.0 Å². The first-order valence-corrected chi connectivity index (χ1v) is 6.88. The van der Waals surface area contributed by atoms with Crippen LogP contribution in [0, 0.1) is 0 Å². The number of rotatable bonds is 6. The van der Waals surface area contributed by atoms with E-state index >= 15 is 0 Å². The Morgan fingerprint density at radius 3 is 2.47 bits per heavy atom. The summed E-state index contributed by atoms with van der Waals surface area (Å²) in [6, 6.07) is -0.124. The number of hydrogen-bond acceptors (Lipinski definition) is 4. The minimum atomic E-state index is -4.01. The zero-order valence-electron chi connectivity index (χ0n) is 10.5. The molecular weight excluding hydrogens is 274 g/mol. The molecule has 0 saturated carbocycles. The van der Waals surface area contributed by atoms with E-state index in [-0.39, 0.29) is 17.0 Å². The van der Waals surface area contributed by atoms with E-state index in [0.717, 1.165) is 6.07 Å². The Labute approximate surface area is 110 Å². The van der Waals surface area contributed by atoms with Crippen molar-refractivity contribution in [3.63, 3.8) is 0 Å². The molecule has 0 fully saturated rings. The number of aliphatic carboxylic acids is 1. The summed E-state index contributed by atoms with van der Waals surface area (Å²) in [5.74, 6) is -2.04. The Morgan fingerprint density at radius 2 is 2.11 bits per heavy atom. The largest absolute Gasteiger partial charge is 0.480 e. The number of nitrogens with zero attached hydrogens (tertiary/aromatic N) is 1. The lowest BCUT2D eigenvalue weighted by Gasteiger charge is -2.11. The maximum absolute atomic E-state index is 12.0. The van der Waals surface area contributed by atoms with Crippen molar-refractivity contribution in [3.05, 3.63) is 18.0 Å². The van der Waals surface area contributed by atoms with E-state index in [9.17, 15) is 18.0 Å². The van der Waals surface area contributed by atoms with E-state index in [0.29, 0.717) is 0 Å². The van der Waals surface area contributed by atoms with Gasteiger partial charge in [0.25, 0.3) is 5.91 Å². The average molecular weight is 289 g/mol. The maximum Gasteiger partial charge on any atom is 0.321 e. The number of aryl methyl sites for hydroxylation is 1. The van der Waals surface area contributed by atoms with Gasteiger partial charge in [-0.25, -0.2) is 8.42 Å². The zero-order valence-corrected chi connectivity index (χ0v) is 11.3. The Kier molecular flexibility index (Phi) is 4.32. The van der Waals surface area contributed by atoms with Crippen LogP contribution >= 0.6 is 0 Å². The van der Waals surface area contributed by atoms with Crippen molar-refractivity contribution >= 4 is 21.9 Å². The van der Waals surface area contributed by atoms with Crippen LogP contribution in [0.2, 0.25) is 0 Å². The third-order valence-corrected chi connectivity index (χ3v) is 3.99. The van der Waals surface area contributed by atoms with Gasteiger partial charge in [0.2, 0.25) is 10.0 Å². The molecule has 0 aliphatic carbocycles. The Hall–Kier alpha value is -1.87. The lowest BCUT2D eigenvalue weighted by Crippen LogP contribution is -2.40. The third kappa shape index (κ3) is 3.32. The highest BCUT2D eigenvalue weighted by Gasteiger charge is 2.25. The van der Waals surface area contributed by atoms with Crippen molar-refractivity contribution < 1.29 is 23.1 Å². The molecule has 8 nitrogen and oxygen atoms in total. The molecule has 0 bridgehead atoms. The Bertz CT molecular complexity index is 605. The van der Waals surface area contributed by atoms with Gasteiger partial charge in [0.05, 0.1) is 0 Å². The first kappa shape index (κ1) is 15.2. The minimum absolute atomic E-state index is 0.0174. The van der Waals surface area contributed by atoms with E-state index in [1.165, 1.54) is 17.8 Å². The summed E-state index contributed by atoms with van der Waals surface area (Å²) in [4.78, 5) is 21.6. The fourth-order valence-corrected chi connectivity index (χ4v) is 2.83. The summed E-state index contributed by atoms with van der Waals surface area (Å²) >= 11 is 0. The quantitative estimate of drug-likeness (QED) is 0.635. The molecule has 1 atom stereocenters. The van der Waals surface area contributed by atoms with Crippen molar-refractivity contribution in [2.24, 2.45) is 12.8 Å². The highest BCUT2D eigenvalue weighted by molar-refractivity contribution is 7.89. The van der Waals surface area contributed by atoms with Gasteiger partial charge in [0.15, 0.2) is 0 Å². The fraction of sp³-hybridized carbons (Fsp3) is 0.400. The van der Waals surface area contributed by atoms with Gasteiger partial charge in [-0.3, -0.25) is 9.59 Å². The molecule has 1 rings (SSSR count). The van der Waals surface area contributed by atoms with Crippen LogP contribution in [0.1, 0.15) is 23.8 Å². The molecule has 1 amide bonds. The number of carbonyl (C=O) groups excluding carboxylic acids is 1. The number of carboxylic acids is 1. The van der Waals surface area contributed by atoms with Crippen LogP contribution in [0.4, 0.5) is 0 Å². The van der Waals surface area contributed by atoms with Crippen LogP contribution in [0.3, 0.4) is 0 Å². The molecule has 106 valence electrons. The van der Waals surface area contributed by atoms with Crippen molar-refractivity contribution in [1.29, 1.82) is 0 Å². The summed E-state index contributed by atoms with van der Waals surface area (Å²) in [7, 11) is -2.55. The minimum Gasteiger partial charge on any atom is -0.480 e. The summed E-state index contributed by atoms with van der Waals surface area (Å²) in [5, 5.41) is 8.83. The van der Waals surface area contributed by atoms with Crippen LogP contribution in [0.25, 0.3) is 0 Å². The molecule has 1 aromatic heterocycles. The van der Waals surface area contributed by atoms with Gasteiger partial charge in [-0.2, -0.15) is 4.72 Å². The van der Waals surface area contributed by atoms with Crippen LogP contribution in [0.5, 0.6) is 0 Å². The Morgan fingerprint density at radius 1 is 1.53 bits per heavy atom. The number of amides is 1. The predicted octanol–water partition coefficient (Wildman–Crippen LogP) is -0.734. The van der Waals surface area contributed by atoms with Gasteiger partial charge in [0.1, 0.15) is 16.6 Å². The number of aromatic nitrogens is 1. The van der Waals surface area contributed by atoms with E-state index in [2.05, 4.69) is 0 Å². The number of sulfonamides is 1. The summed E-state index contributed by atoms with van der Waals surface area (Å²) in [5.41, 5.74) is 5.10. The maximum atomic E-state index is 12.0. The normalized spacial score (nSPS) is 13.2. The van der Waals surface area contributed by atoms with Gasteiger partial charge in [-0.1, -0.05) is 6.92 Å². The van der Waals surface area contributed by atoms with E-state index in [1.54, 1.807) is 6.92 Å². The summed E-state index contributed by atoms with van der Waals surface area (Å²) < 4.78 is 27.2. The van der Waals surface area contributed by atoms with Crippen LogP contribution in [-0.2, 0) is 21.9 Å². The molecular formula is C10H15N3O5S. The lowest BCUT2D eigenvalue weighted by atomic mass is 10.2. The van der Waals surface area contributed by atoms with Crippen molar-refractivity contribution in [1.82, 2.24) is 9.29 Å². The molecule has 0 spiro atoms. The van der Waals surface area contributed by atoms with Gasteiger partial charge < -0.3 is 15.4 Å². The summed E-state index contributed by atoms with van der Waals surface area (Å²) in [6.45, 7) is 1.54. The molecule has 0 radical (unpaired) electrons. The summed E-state index contributed by atoms with van der Waals surface area (Å²) in [6.07, 6.45) is 1.29. The number of carboxylic acid groups (broad SMARTS) is 1. The van der Waals surface area contributed by atoms with Crippen molar-refractivity contribution in [3.8, 4) is 0 Å². The second-order valence-electron chi connectivity index (χ2n) is 3.96. The average Bonchev–Trinajstić information content (AvgIpc) is 2.68. The van der Waals surface area contributed by atoms with Crippen LogP contribution < -0.4 is 10.5 Å². The van der Waals surface area contributed by atoms with Gasteiger partial charge in [-0.15, -0.1) is 0 Å². The number of nitrogens with two attached hydrogens (primary N) is 1. The number of nitrogens with one attached hydrogen (secondary N) is 1. The van der Waals surface area contributed by atoms with Gasteiger partial charge >= 0.3 is 5.97 Å². The molecule has 0 aliphatic heterocycles. The third-order valence-electron chi connectivity index (χ3n) is 2.55. The van der Waals surface area contributed by atoms with E-state index in [4.69, 9.17) is 10.8 Å². The molecule has 1 aromatic rings. The lowest BCUT2D eigenvalue weighted by molar-refractivity contribution is -0.139. The molecule has 19 heavy (non-hydrogen) atoms. The second-order valence-corrected chi connectivity index (χ2v) is 5.67. The molecule has 4 N–H and O–H groups in total. The fourth-order valence-electron chi connectivity index (χ4n) is 1.49. The highest BCUT2D eigenvalue weighted by atomic mass is 32.2. The van der Waals surface area contributed by atoms with Crippen LogP contribution in [0.15, 0.2) is 17.2 Å². The molecule has 1 heterocycles. The first-order chi connectivity index (χ1) is 8.69. The molecule has 0 saturated heterocycles. The monoisotopic (exact) mass is 289 g/mol. The molecule has 0 unspecified atom stereocenters. The predicted molar refractivity (Wildman–Crippen MR) is 66.0 cm³/mol. The topological polar surface area (TPSA) is 131 Å². The first-order valence-electron chi connectivity index (χ1n) is 5.40. The van der Waals surface area contributed by atoms with Gasteiger partial charge in [0, 0.05) is 13.2 Å². The smallest absolute Gasteiger partial charge is 0.321 e. The zero-order chi connectivity index (χ0) is 14.8. The second kappa shape index (κ2) is 5.41. The number of carbonyl (C=O) groups is 2. The number of hydrogen-bond donors (Lipinski definition) is 3. The Balaban J connectivity index is 3.10. The SMILES string of the molecule is CC[C@H](NS(=O)(=O)c1cc(C(N)=O)n(C)c1)C(=O)O. The van der Waals surface area contributed by atoms with E-state index < -0.39 is 27.9 Å². The highest BCUT2D eigenvalue weighted by Crippen LogP contribution is 2.14. The van der Waals surface area contributed by atoms with Crippen molar-refractivity contribution in [2.45, 2.75) is 24.3 Å². The molecule has 0 aromatic carbocycles. The standard InChI is InChI=1S/C10H15N3O5S/c1-3-7(10(15)16)12-19(17,18)6-4-8(9(11)14)13(2)5-6/h4-5,7,12H,3H2,1-2H3,(H2,11,14)(H,15,16)/t7-/m0/s1. The van der Waals surface area contributed by atoms with Gasteiger partial charge in [-0.05, 0) is 12.5 Å². The molecule has 9 heteroatoms. The van der Waals surface area contributed by atoms with E-state index in [1.807, 2.05) is 4.72 Å². The van der Waals surface area contributed by atoms with Crippen molar-refractivity contribution in [2.75, 3.05) is 0 Å². The number of primary amides is 1. The molecule has 0 aliphatic rings.